The molecule has 1 rings (SSSR count). The minimum atomic E-state index is -1.06. The van der Waals surface area contributed by atoms with Crippen LogP contribution in [-0.4, -0.2) is 75.8 Å². The first kappa shape index (κ1) is 15.1. The normalized spacial score (nSPS) is 25.0. The minimum Gasteiger partial charge on any atom is -0.480 e. The van der Waals surface area contributed by atoms with Crippen molar-refractivity contribution in [2.24, 2.45) is 0 Å². The van der Waals surface area contributed by atoms with Gasteiger partial charge in [0, 0.05) is 31.8 Å². The Morgan fingerprint density at radius 3 is 2.67 bits per heavy atom. The summed E-state index contributed by atoms with van der Waals surface area (Å²) < 4.78 is 0. The summed E-state index contributed by atoms with van der Waals surface area (Å²) in [5.74, 6) is -0.276. The number of nitrogens with zero attached hydrogens (tertiary/aromatic N) is 2. The van der Waals surface area contributed by atoms with Crippen molar-refractivity contribution in [3.05, 3.63) is 0 Å². The summed E-state index contributed by atoms with van der Waals surface area (Å²) in [6.45, 7) is 2.00. The highest BCUT2D eigenvalue weighted by Gasteiger charge is 2.40. The summed E-state index contributed by atoms with van der Waals surface area (Å²) in [6.07, 6.45) is 1.31. The summed E-state index contributed by atoms with van der Waals surface area (Å²) in [4.78, 5) is 26.0. The van der Waals surface area contributed by atoms with Gasteiger partial charge in [-0.05, 0) is 13.2 Å². The highest BCUT2D eigenvalue weighted by molar-refractivity contribution is 7.98. The van der Waals surface area contributed by atoms with E-state index < -0.39 is 18.1 Å². The van der Waals surface area contributed by atoms with Crippen LogP contribution in [0.25, 0.3) is 0 Å². The first-order chi connectivity index (χ1) is 8.38. The molecule has 1 heterocycles. The number of carboxylic acids is 1. The zero-order valence-corrected chi connectivity index (χ0v) is 11.7. The zero-order chi connectivity index (χ0) is 13.9. The molecule has 1 fully saturated rings. The van der Waals surface area contributed by atoms with Gasteiger partial charge in [0.15, 0.2) is 0 Å². The Kier molecular flexibility index (Phi) is 5.28. The lowest BCUT2D eigenvalue weighted by atomic mass is 10.2. The fraction of sp³-hybridized carbons (Fsp3) is 0.818. The number of carbonyl (C=O) groups excluding carboxylic acids is 1. The van der Waals surface area contributed by atoms with Crippen LogP contribution in [0.2, 0.25) is 0 Å². The highest BCUT2D eigenvalue weighted by atomic mass is 32.2. The molecule has 1 unspecified atom stereocenters. The molecule has 0 saturated carbocycles. The van der Waals surface area contributed by atoms with Gasteiger partial charge in [-0.3, -0.25) is 0 Å². The van der Waals surface area contributed by atoms with Gasteiger partial charge in [-0.2, -0.15) is 11.8 Å². The van der Waals surface area contributed by atoms with Crippen LogP contribution in [0.4, 0.5) is 4.79 Å². The molecule has 1 saturated heterocycles. The smallest absolute Gasteiger partial charge is 0.326 e. The maximum Gasteiger partial charge on any atom is 0.326 e. The van der Waals surface area contributed by atoms with Gasteiger partial charge in [0.25, 0.3) is 0 Å². The fourth-order valence-corrected chi connectivity index (χ4v) is 2.71. The summed E-state index contributed by atoms with van der Waals surface area (Å²) >= 11 is 1.63. The third-order valence-electron chi connectivity index (χ3n) is 3.18. The quantitative estimate of drug-likeness (QED) is 0.772. The van der Waals surface area contributed by atoms with Crippen molar-refractivity contribution in [2.75, 3.05) is 25.6 Å². The second kappa shape index (κ2) is 6.29. The predicted molar refractivity (Wildman–Crippen MR) is 69.8 cm³/mol. The van der Waals surface area contributed by atoms with E-state index in [2.05, 4.69) is 0 Å². The van der Waals surface area contributed by atoms with Crippen LogP contribution in [-0.2, 0) is 4.79 Å². The average molecular weight is 276 g/mol. The molecular formula is C11H20N2O4S. The van der Waals surface area contributed by atoms with E-state index in [0.717, 1.165) is 5.75 Å². The molecule has 3 atom stereocenters. The Labute approximate surface area is 111 Å². The molecule has 1 aliphatic rings. The van der Waals surface area contributed by atoms with E-state index in [9.17, 15) is 14.7 Å². The molecule has 0 aliphatic carbocycles. The van der Waals surface area contributed by atoms with E-state index in [1.54, 1.807) is 18.8 Å². The van der Waals surface area contributed by atoms with E-state index in [0.29, 0.717) is 0 Å². The molecule has 0 aromatic carbocycles. The number of rotatable bonds is 4. The van der Waals surface area contributed by atoms with Gasteiger partial charge in [-0.25, -0.2) is 9.59 Å². The largest absolute Gasteiger partial charge is 0.480 e. The Balaban J connectivity index is 2.73. The van der Waals surface area contributed by atoms with Gasteiger partial charge in [-0.15, -0.1) is 0 Å². The molecule has 1 aliphatic heterocycles. The number of thioether (sulfide) groups is 1. The molecule has 18 heavy (non-hydrogen) atoms. The lowest BCUT2D eigenvalue weighted by Gasteiger charge is -2.31. The van der Waals surface area contributed by atoms with Crippen molar-refractivity contribution in [1.82, 2.24) is 9.80 Å². The van der Waals surface area contributed by atoms with Crippen molar-refractivity contribution >= 4 is 23.8 Å². The molecule has 0 spiro atoms. The molecule has 104 valence electrons. The topological polar surface area (TPSA) is 81.1 Å². The van der Waals surface area contributed by atoms with Gasteiger partial charge in [0.2, 0.25) is 0 Å². The summed E-state index contributed by atoms with van der Waals surface area (Å²) in [5, 5.41) is 18.6. The number of carboxylic acid groups (broad SMARTS) is 1. The number of hydrogen-bond acceptors (Lipinski definition) is 4. The van der Waals surface area contributed by atoms with Crippen molar-refractivity contribution in [1.29, 1.82) is 0 Å². The summed E-state index contributed by atoms with van der Waals surface area (Å²) in [7, 11) is 1.66. The lowest BCUT2D eigenvalue weighted by Crippen LogP contribution is -2.49. The summed E-state index contributed by atoms with van der Waals surface area (Å²) in [5.41, 5.74) is 0. The molecule has 2 N–H and O–H groups in total. The van der Waals surface area contributed by atoms with Gasteiger partial charge in [0.1, 0.15) is 6.04 Å². The Morgan fingerprint density at radius 2 is 2.17 bits per heavy atom. The standard InChI is InChI=1S/C11H20N2O4S/c1-7(6-18-3)12(2)11(17)13-5-8(14)4-9(13)10(15)16/h7-9,14H,4-6H2,1-3H3,(H,15,16)/t7?,8-,9+/m1/s1. The van der Waals surface area contributed by atoms with Gasteiger partial charge >= 0.3 is 12.0 Å². The van der Waals surface area contributed by atoms with Gasteiger partial charge < -0.3 is 20.0 Å². The molecule has 6 nitrogen and oxygen atoms in total. The second-order valence-electron chi connectivity index (χ2n) is 4.59. The van der Waals surface area contributed by atoms with Crippen molar-refractivity contribution in [3.8, 4) is 0 Å². The van der Waals surface area contributed by atoms with Crippen molar-refractivity contribution < 1.29 is 19.8 Å². The van der Waals surface area contributed by atoms with Crippen LogP contribution in [0.1, 0.15) is 13.3 Å². The van der Waals surface area contributed by atoms with Crippen LogP contribution in [0.3, 0.4) is 0 Å². The van der Waals surface area contributed by atoms with E-state index in [1.165, 1.54) is 9.80 Å². The lowest BCUT2D eigenvalue weighted by molar-refractivity contribution is -0.141. The van der Waals surface area contributed by atoms with E-state index >= 15 is 0 Å². The third kappa shape index (κ3) is 3.29. The molecule has 7 heteroatoms. The first-order valence-electron chi connectivity index (χ1n) is 5.81. The number of likely N-dealkylation sites (tertiary alicyclic amines) is 1. The molecule has 0 radical (unpaired) electrons. The van der Waals surface area contributed by atoms with E-state index in [-0.39, 0.29) is 25.0 Å². The first-order valence-corrected chi connectivity index (χ1v) is 7.21. The summed E-state index contributed by atoms with van der Waals surface area (Å²) in [6, 6.07) is -1.23. The number of aliphatic hydroxyl groups excluding tert-OH is 1. The monoisotopic (exact) mass is 276 g/mol. The van der Waals surface area contributed by atoms with Crippen LogP contribution >= 0.6 is 11.8 Å². The van der Waals surface area contributed by atoms with Gasteiger partial charge in [0.05, 0.1) is 6.10 Å². The number of amides is 2. The Bertz CT molecular complexity index is 326. The number of β-amino-alcohol motifs (C(OH)–C–C–N with tert-alkyl or cyclic N) is 1. The van der Waals surface area contributed by atoms with Crippen molar-refractivity contribution in [3.63, 3.8) is 0 Å². The van der Waals surface area contributed by atoms with Crippen LogP contribution in [0.5, 0.6) is 0 Å². The average Bonchev–Trinajstić information content (AvgIpc) is 2.69. The fourth-order valence-electron chi connectivity index (χ4n) is 2.00. The molecule has 0 bridgehead atoms. The predicted octanol–water partition coefficient (Wildman–Crippen LogP) is 0.309. The van der Waals surface area contributed by atoms with Crippen LogP contribution < -0.4 is 0 Å². The number of carbonyl (C=O) groups is 2. The van der Waals surface area contributed by atoms with Crippen molar-refractivity contribution in [2.45, 2.75) is 31.5 Å². The Morgan fingerprint density at radius 1 is 1.56 bits per heavy atom. The van der Waals surface area contributed by atoms with Crippen LogP contribution in [0.15, 0.2) is 0 Å². The molecule has 2 amide bonds. The van der Waals surface area contributed by atoms with Gasteiger partial charge in [-0.1, -0.05) is 0 Å². The SMILES string of the molecule is CSCC(C)N(C)C(=O)N1C[C@H](O)C[C@H]1C(=O)O. The molecular weight excluding hydrogens is 256 g/mol. The maximum absolute atomic E-state index is 12.2. The number of hydrogen-bond donors (Lipinski definition) is 2. The molecule has 0 aromatic heterocycles. The van der Waals surface area contributed by atoms with E-state index in [1.807, 2.05) is 13.2 Å². The number of aliphatic carboxylic acids is 1. The zero-order valence-electron chi connectivity index (χ0n) is 10.9. The highest BCUT2D eigenvalue weighted by Crippen LogP contribution is 2.20. The molecule has 0 aromatic rings. The number of aliphatic hydroxyl groups is 1. The van der Waals surface area contributed by atoms with Crippen LogP contribution in [0, 0.1) is 0 Å². The maximum atomic E-state index is 12.2. The number of urea groups is 1. The third-order valence-corrected chi connectivity index (χ3v) is 4.00. The Hall–Kier alpha value is -0.950. The van der Waals surface area contributed by atoms with E-state index in [4.69, 9.17) is 5.11 Å². The minimum absolute atomic E-state index is 0.0275. The second-order valence-corrected chi connectivity index (χ2v) is 5.50.